The molecule has 0 saturated carbocycles. The van der Waals surface area contributed by atoms with E-state index in [4.69, 9.17) is 4.98 Å². The minimum atomic E-state index is 0.0395. The number of pyridine rings is 1. The molecular weight excluding hydrogens is 499 g/mol. The quantitative estimate of drug-likeness (QED) is 0.220. The van der Waals surface area contributed by atoms with Gasteiger partial charge < -0.3 is 0 Å². The molecule has 6 rings (SSSR count). The number of aryl methyl sites for hydroxylation is 2. The molecule has 0 fully saturated rings. The van der Waals surface area contributed by atoms with Gasteiger partial charge >= 0.3 is 0 Å². The molecular formula is C35H35NS2. The van der Waals surface area contributed by atoms with Gasteiger partial charge in [-0.25, -0.2) is 4.98 Å². The van der Waals surface area contributed by atoms with Crippen LogP contribution in [0.15, 0.2) is 66.0 Å². The zero-order valence-corrected chi connectivity index (χ0v) is 25.0. The van der Waals surface area contributed by atoms with Gasteiger partial charge in [0.25, 0.3) is 0 Å². The summed E-state index contributed by atoms with van der Waals surface area (Å²) < 4.78 is 1.38. The number of nitrogens with zero attached hydrogens (tertiary/aromatic N) is 1. The van der Waals surface area contributed by atoms with E-state index in [1.165, 1.54) is 64.5 Å². The number of benzene rings is 3. The Labute approximate surface area is 234 Å². The van der Waals surface area contributed by atoms with Crippen LogP contribution in [-0.2, 0) is 11.8 Å². The maximum atomic E-state index is 5.22. The lowest BCUT2D eigenvalue weighted by Gasteiger charge is -2.23. The molecule has 0 spiro atoms. The van der Waals surface area contributed by atoms with Crippen molar-refractivity contribution in [3.8, 4) is 22.4 Å². The van der Waals surface area contributed by atoms with E-state index in [1.54, 1.807) is 11.3 Å². The molecule has 0 atom stereocenters. The lowest BCUT2D eigenvalue weighted by Crippen LogP contribution is -2.12. The lowest BCUT2D eigenvalue weighted by molar-refractivity contribution is 0.596. The third kappa shape index (κ3) is 4.36. The molecule has 1 nitrogen and oxygen atoms in total. The Morgan fingerprint density at radius 3 is 2.42 bits per heavy atom. The van der Waals surface area contributed by atoms with Gasteiger partial charge in [0.1, 0.15) is 4.83 Å². The standard InChI is InChI=1S/C35H35NS2/c1-20(2)14-28-22(4)38-32-17-24(12-13-27(28)32)29-18-31(36-34-33(29)21(3)19-37-34)25-15-23-10-8-9-11-26(23)30(16-25)35(5,6)7/h8-13,15-20H,14H2,1-7H3. The second kappa shape index (κ2) is 9.32. The molecule has 0 radical (unpaired) electrons. The maximum Gasteiger partial charge on any atom is 0.124 e. The molecule has 6 aromatic rings. The van der Waals surface area contributed by atoms with E-state index in [9.17, 15) is 0 Å². The topological polar surface area (TPSA) is 12.9 Å². The molecule has 0 unspecified atom stereocenters. The first kappa shape index (κ1) is 25.3. The summed E-state index contributed by atoms with van der Waals surface area (Å²) in [6.45, 7) is 16.0. The van der Waals surface area contributed by atoms with Crippen LogP contribution >= 0.6 is 22.7 Å². The van der Waals surface area contributed by atoms with Gasteiger partial charge in [0.15, 0.2) is 0 Å². The number of thiophene rings is 2. The van der Waals surface area contributed by atoms with Crippen LogP contribution < -0.4 is 0 Å². The van der Waals surface area contributed by atoms with Gasteiger partial charge in [0, 0.05) is 20.5 Å². The SMILES string of the molecule is Cc1sc2cc(-c3cc(-c4cc(C(C)(C)C)c5ccccc5c4)nc4scc(C)c34)ccc2c1CC(C)C. The molecule has 0 aliphatic heterocycles. The van der Waals surface area contributed by atoms with Crippen molar-refractivity contribution >= 4 is 53.7 Å². The Bertz CT molecular complexity index is 1820. The molecule has 3 aromatic heterocycles. The fraction of sp³-hybridized carbons (Fsp3) is 0.286. The number of rotatable bonds is 4. The minimum absolute atomic E-state index is 0.0395. The summed E-state index contributed by atoms with van der Waals surface area (Å²) in [5.74, 6) is 0.655. The van der Waals surface area contributed by atoms with Gasteiger partial charge in [0.2, 0.25) is 0 Å². The molecule has 0 aliphatic rings. The van der Waals surface area contributed by atoms with Gasteiger partial charge in [-0.1, -0.05) is 71.0 Å². The van der Waals surface area contributed by atoms with E-state index in [2.05, 4.69) is 115 Å². The summed E-state index contributed by atoms with van der Waals surface area (Å²) in [5.41, 5.74) is 9.03. The van der Waals surface area contributed by atoms with Crippen LogP contribution in [0, 0.1) is 19.8 Å². The van der Waals surface area contributed by atoms with Gasteiger partial charge in [-0.3, -0.25) is 0 Å². The van der Waals surface area contributed by atoms with E-state index in [-0.39, 0.29) is 5.41 Å². The van der Waals surface area contributed by atoms with Crippen molar-refractivity contribution in [3.63, 3.8) is 0 Å². The highest BCUT2D eigenvalue weighted by molar-refractivity contribution is 7.19. The van der Waals surface area contributed by atoms with Crippen LogP contribution in [0.2, 0.25) is 0 Å². The van der Waals surface area contributed by atoms with E-state index >= 15 is 0 Å². The van der Waals surface area contributed by atoms with Crippen molar-refractivity contribution < 1.29 is 0 Å². The highest BCUT2D eigenvalue weighted by atomic mass is 32.1. The monoisotopic (exact) mass is 533 g/mol. The maximum absolute atomic E-state index is 5.22. The van der Waals surface area contributed by atoms with Crippen molar-refractivity contribution in [3.05, 3.63) is 87.6 Å². The molecule has 0 aliphatic carbocycles. The number of hydrogen-bond donors (Lipinski definition) is 0. The average molecular weight is 534 g/mol. The molecule has 3 heterocycles. The normalized spacial score (nSPS) is 12.4. The molecule has 192 valence electrons. The fourth-order valence-corrected chi connectivity index (χ4v) is 7.83. The van der Waals surface area contributed by atoms with Gasteiger partial charge in [0.05, 0.1) is 5.69 Å². The second-order valence-electron chi connectivity index (χ2n) is 12.1. The predicted octanol–water partition coefficient (Wildman–Crippen LogP) is 11.1. The largest absolute Gasteiger partial charge is 0.237 e. The predicted molar refractivity (Wildman–Crippen MR) is 170 cm³/mol. The Morgan fingerprint density at radius 2 is 1.66 bits per heavy atom. The molecule has 3 heteroatoms. The third-order valence-corrected chi connectivity index (χ3v) is 9.71. The molecule has 0 N–H and O–H groups in total. The van der Waals surface area contributed by atoms with E-state index in [0.29, 0.717) is 5.92 Å². The van der Waals surface area contributed by atoms with Crippen molar-refractivity contribution in [2.45, 2.75) is 60.3 Å². The van der Waals surface area contributed by atoms with Crippen molar-refractivity contribution in [2.75, 3.05) is 0 Å². The summed E-state index contributed by atoms with van der Waals surface area (Å²) in [5, 5.41) is 7.55. The lowest BCUT2D eigenvalue weighted by atomic mass is 9.82. The summed E-state index contributed by atoms with van der Waals surface area (Å²) in [6, 6.07) is 22.8. The Morgan fingerprint density at radius 1 is 0.868 bits per heavy atom. The molecule has 38 heavy (non-hydrogen) atoms. The van der Waals surface area contributed by atoms with Crippen molar-refractivity contribution in [1.29, 1.82) is 0 Å². The Hall–Kier alpha value is -3.01. The van der Waals surface area contributed by atoms with Gasteiger partial charge in [-0.2, -0.15) is 0 Å². The number of aromatic nitrogens is 1. The van der Waals surface area contributed by atoms with Crippen LogP contribution in [0.25, 0.3) is 53.5 Å². The first-order chi connectivity index (χ1) is 18.1. The minimum Gasteiger partial charge on any atom is -0.237 e. The smallest absolute Gasteiger partial charge is 0.124 e. The van der Waals surface area contributed by atoms with Crippen LogP contribution in [0.3, 0.4) is 0 Å². The highest BCUT2D eigenvalue weighted by Gasteiger charge is 2.20. The summed E-state index contributed by atoms with van der Waals surface area (Å²) >= 11 is 3.69. The van der Waals surface area contributed by atoms with Crippen molar-refractivity contribution in [1.82, 2.24) is 4.98 Å². The van der Waals surface area contributed by atoms with Gasteiger partial charge in [-0.15, -0.1) is 22.7 Å². The van der Waals surface area contributed by atoms with E-state index in [0.717, 1.165) is 16.9 Å². The fourth-order valence-electron chi connectivity index (χ4n) is 5.75. The first-order valence-corrected chi connectivity index (χ1v) is 15.2. The molecule has 0 saturated heterocycles. The third-order valence-electron chi connectivity index (χ3n) is 7.61. The Kier molecular flexibility index (Phi) is 6.20. The average Bonchev–Trinajstić information content (AvgIpc) is 3.40. The van der Waals surface area contributed by atoms with Crippen LogP contribution in [0.1, 0.15) is 56.2 Å². The first-order valence-electron chi connectivity index (χ1n) is 13.5. The summed E-state index contributed by atoms with van der Waals surface area (Å²) in [6.07, 6.45) is 1.14. The van der Waals surface area contributed by atoms with E-state index < -0.39 is 0 Å². The van der Waals surface area contributed by atoms with Crippen LogP contribution in [-0.4, -0.2) is 4.98 Å². The number of hydrogen-bond acceptors (Lipinski definition) is 3. The number of fused-ring (bicyclic) bond motifs is 3. The molecule has 0 amide bonds. The summed E-state index contributed by atoms with van der Waals surface area (Å²) in [7, 11) is 0. The Balaban J connectivity index is 1.58. The molecule has 3 aromatic carbocycles. The van der Waals surface area contributed by atoms with Crippen LogP contribution in [0.5, 0.6) is 0 Å². The van der Waals surface area contributed by atoms with E-state index in [1.807, 2.05) is 11.3 Å². The van der Waals surface area contributed by atoms with Crippen molar-refractivity contribution in [2.24, 2.45) is 5.92 Å². The second-order valence-corrected chi connectivity index (χ2v) is 14.2. The summed E-state index contributed by atoms with van der Waals surface area (Å²) in [4.78, 5) is 7.78. The highest BCUT2D eigenvalue weighted by Crippen LogP contribution is 2.41. The van der Waals surface area contributed by atoms with Crippen LogP contribution in [0.4, 0.5) is 0 Å². The van der Waals surface area contributed by atoms with Gasteiger partial charge in [-0.05, 0) is 105 Å². The molecule has 0 bridgehead atoms. The zero-order valence-electron chi connectivity index (χ0n) is 23.4. The zero-order chi connectivity index (χ0) is 26.8.